The molecule has 5 nitrogen and oxygen atoms in total. The van der Waals surface area contributed by atoms with Gasteiger partial charge in [0.1, 0.15) is 0 Å². The van der Waals surface area contributed by atoms with E-state index in [0.717, 1.165) is 10.2 Å². The number of nitrogens with zero attached hydrogens (tertiary/aromatic N) is 3. The highest BCUT2D eigenvalue weighted by Crippen LogP contribution is 2.22. The number of hydrogen-bond acceptors (Lipinski definition) is 4. The van der Waals surface area contributed by atoms with Crippen molar-refractivity contribution >= 4 is 21.9 Å². The Kier molecular flexibility index (Phi) is 3.97. The van der Waals surface area contributed by atoms with E-state index < -0.39 is 5.97 Å². The Morgan fingerprint density at radius 2 is 2.37 bits per heavy atom. The number of benzene rings is 1. The molecule has 2 aromatic rings. The van der Waals surface area contributed by atoms with Crippen LogP contribution in [0.5, 0.6) is 0 Å². The van der Waals surface area contributed by atoms with Crippen molar-refractivity contribution in [2.45, 2.75) is 6.92 Å². The second kappa shape index (κ2) is 5.67. The zero-order chi connectivity index (χ0) is 13.8. The number of halogens is 1. The maximum atomic E-state index is 11.5. The van der Waals surface area contributed by atoms with Crippen LogP contribution >= 0.6 is 15.9 Å². The summed E-state index contributed by atoms with van der Waals surface area (Å²) in [7, 11) is 0. The Morgan fingerprint density at radius 1 is 1.58 bits per heavy atom. The van der Waals surface area contributed by atoms with Gasteiger partial charge in [0.25, 0.3) is 0 Å². The molecule has 2 rings (SSSR count). The molecule has 6 heteroatoms. The molecule has 0 N–H and O–H groups in total. The van der Waals surface area contributed by atoms with Gasteiger partial charge in [0.05, 0.1) is 35.7 Å². The fourth-order valence-corrected chi connectivity index (χ4v) is 2.10. The van der Waals surface area contributed by atoms with E-state index >= 15 is 0 Å². The van der Waals surface area contributed by atoms with Crippen molar-refractivity contribution in [1.29, 1.82) is 5.26 Å². The monoisotopic (exact) mass is 319 g/mol. The van der Waals surface area contributed by atoms with Gasteiger partial charge in [-0.15, -0.1) is 0 Å². The van der Waals surface area contributed by atoms with E-state index in [0.29, 0.717) is 17.7 Å². The van der Waals surface area contributed by atoms with E-state index in [1.165, 1.54) is 6.20 Å². The molecule has 0 amide bonds. The lowest BCUT2D eigenvalue weighted by atomic mass is 10.2. The van der Waals surface area contributed by atoms with Crippen molar-refractivity contribution < 1.29 is 9.53 Å². The third-order valence-corrected chi connectivity index (χ3v) is 3.05. The first-order chi connectivity index (χ1) is 9.15. The van der Waals surface area contributed by atoms with Crippen LogP contribution in [0.3, 0.4) is 0 Å². The number of aromatic nitrogens is 2. The van der Waals surface area contributed by atoms with Crippen LogP contribution < -0.4 is 0 Å². The number of rotatable bonds is 3. The van der Waals surface area contributed by atoms with Gasteiger partial charge in [0.15, 0.2) is 0 Å². The summed E-state index contributed by atoms with van der Waals surface area (Å²) in [6.45, 7) is 2.07. The minimum atomic E-state index is -0.404. The molecule has 0 bridgehead atoms. The van der Waals surface area contributed by atoms with E-state index in [-0.39, 0.29) is 0 Å². The smallest absolute Gasteiger partial charge is 0.341 e. The number of carbonyl (C=O) groups excluding carboxylic acids is 1. The first-order valence-corrected chi connectivity index (χ1v) is 6.37. The SMILES string of the molecule is CCOC(=O)c1cnn(-c2ccc(C#N)cc2Br)c1. The van der Waals surface area contributed by atoms with E-state index in [2.05, 4.69) is 27.1 Å². The fraction of sp³-hybridized carbons (Fsp3) is 0.154. The molecule has 0 aliphatic carbocycles. The van der Waals surface area contributed by atoms with Crippen LogP contribution in [0.2, 0.25) is 0 Å². The van der Waals surface area contributed by atoms with Crippen LogP contribution in [0.15, 0.2) is 35.1 Å². The summed E-state index contributed by atoms with van der Waals surface area (Å²) in [4.78, 5) is 11.5. The molecule has 0 aliphatic rings. The second-order valence-corrected chi connectivity index (χ2v) is 4.53. The number of hydrogen-bond donors (Lipinski definition) is 0. The molecule has 96 valence electrons. The van der Waals surface area contributed by atoms with Crippen molar-refractivity contribution in [1.82, 2.24) is 9.78 Å². The zero-order valence-electron chi connectivity index (χ0n) is 10.1. The number of ether oxygens (including phenoxy) is 1. The van der Waals surface area contributed by atoms with Crippen LogP contribution in [-0.2, 0) is 4.74 Å². The Labute approximate surface area is 118 Å². The summed E-state index contributed by atoms with van der Waals surface area (Å²) in [6.07, 6.45) is 3.03. The first kappa shape index (κ1) is 13.3. The minimum absolute atomic E-state index is 0.324. The zero-order valence-corrected chi connectivity index (χ0v) is 11.7. The quantitative estimate of drug-likeness (QED) is 0.816. The summed E-state index contributed by atoms with van der Waals surface area (Å²) in [6, 6.07) is 7.19. The third kappa shape index (κ3) is 2.83. The predicted molar refractivity (Wildman–Crippen MR) is 71.9 cm³/mol. The van der Waals surface area contributed by atoms with Gasteiger partial charge in [0, 0.05) is 10.7 Å². The van der Waals surface area contributed by atoms with Gasteiger partial charge in [-0.05, 0) is 41.1 Å². The molecule has 1 heterocycles. The van der Waals surface area contributed by atoms with E-state index in [4.69, 9.17) is 10.00 Å². The van der Waals surface area contributed by atoms with Gasteiger partial charge in [-0.2, -0.15) is 10.4 Å². The van der Waals surface area contributed by atoms with Crippen molar-refractivity contribution in [3.63, 3.8) is 0 Å². The average Bonchev–Trinajstić information content (AvgIpc) is 2.88. The van der Waals surface area contributed by atoms with Crippen molar-refractivity contribution in [2.75, 3.05) is 6.61 Å². The van der Waals surface area contributed by atoms with E-state index in [1.54, 1.807) is 36.0 Å². The lowest BCUT2D eigenvalue weighted by Gasteiger charge is -2.04. The van der Waals surface area contributed by atoms with Crippen molar-refractivity contribution in [3.8, 4) is 11.8 Å². The van der Waals surface area contributed by atoms with E-state index in [1.807, 2.05) is 0 Å². The molecular formula is C13H10BrN3O2. The average molecular weight is 320 g/mol. The predicted octanol–water partition coefficient (Wildman–Crippen LogP) is 2.68. The second-order valence-electron chi connectivity index (χ2n) is 3.67. The van der Waals surface area contributed by atoms with Crippen LogP contribution in [0.1, 0.15) is 22.8 Å². The Bertz CT molecular complexity index is 658. The van der Waals surface area contributed by atoms with Gasteiger partial charge in [-0.3, -0.25) is 0 Å². The lowest BCUT2D eigenvalue weighted by molar-refractivity contribution is 0.0526. The molecule has 0 radical (unpaired) electrons. The molecule has 1 aromatic heterocycles. The molecule has 0 fully saturated rings. The highest BCUT2D eigenvalue weighted by atomic mass is 79.9. The number of carbonyl (C=O) groups is 1. The summed E-state index contributed by atoms with van der Waals surface area (Å²) >= 11 is 3.37. The van der Waals surface area contributed by atoms with Crippen LogP contribution in [-0.4, -0.2) is 22.4 Å². The molecule has 19 heavy (non-hydrogen) atoms. The van der Waals surface area contributed by atoms with Crippen LogP contribution in [0.4, 0.5) is 0 Å². The highest BCUT2D eigenvalue weighted by Gasteiger charge is 2.11. The normalized spacial score (nSPS) is 9.95. The molecule has 0 spiro atoms. The van der Waals surface area contributed by atoms with Crippen molar-refractivity contribution in [3.05, 3.63) is 46.2 Å². The summed E-state index contributed by atoms with van der Waals surface area (Å²) in [5.41, 5.74) is 1.68. The first-order valence-electron chi connectivity index (χ1n) is 5.57. The molecule has 1 aromatic carbocycles. The molecular weight excluding hydrogens is 310 g/mol. The van der Waals surface area contributed by atoms with Crippen molar-refractivity contribution in [2.24, 2.45) is 0 Å². The topological polar surface area (TPSA) is 67.9 Å². The Morgan fingerprint density at radius 3 is 3.00 bits per heavy atom. The van der Waals surface area contributed by atoms with Gasteiger partial charge in [-0.1, -0.05) is 0 Å². The van der Waals surface area contributed by atoms with Gasteiger partial charge >= 0.3 is 5.97 Å². The van der Waals surface area contributed by atoms with Crippen LogP contribution in [0, 0.1) is 11.3 Å². The maximum Gasteiger partial charge on any atom is 0.341 e. The lowest BCUT2D eigenvalue weighted by Crippen LogP contribution is -2.03. The number of esters is 1. The third-order valence-electron chi connectivity index (χ3n) is 2.42. The van der Waals surface area contributed by atoms with Crippen LogP contribution in [0.25, 0.3) is 5.69 Å². The molecule has 0 aliphatic heterocycles. The molecule has 0 saturated heterocycles. The largest absolute Gasteiger partial charge is 0.462 e. The molecule has 0 unspecified atom stereocenters. The number of nitriles is 1. The summed E-state index contributed by atoms with van der Waals surface area (Å²) in [5, 5.41) is 12.9. The maximum absolute atomic E-state index is 11.5. The summed E-state index contributed by atoms with van der Waals surface area (Å²) < 4.78 is 7.18. The van der Waals surface area contributed by atoms with Gasteiger partial charge < -0.3 is 4.74 Å². The Balaban J connectivity index is 2.33. The van der Waals surface area contributed by atoms with E-state index in [9.17, 15) is 4.79 Å². The molecule has 0 atom stereocenters. The van der Waals surface area contributed by atoms with Gasteiger partial charge in [-0.25, -0.2) is 9.48 Å². The summed E-state index contributed by atoms with van der Waals surface area (Å²) in [5.74, 6) is -0.404. The minimum Gasteiger partial charge on any atom is -0.462 e. The van der Waals surface area contributed by atoms with Gasteiger partial charge in [0.2, 0.25) is 0 Å². The Hall–Kier alpha value is -2.13. The standard InChI is InChI=1S/C13H10BrN3O2/c1-2-19-13(18)10-7-16-17(8-10)12-4-3-9(6-15)5-11(12)14/h3-5,7-8H,2H2,1H3. The fourth-order valence-electron chi connectivity index (χ4n) is 1.54. The molecule has 0 saturated carbocycles. The highest BCUT2D eigenvalue weighted by molar-refractivity contribution is 9.10.